The Morgan fingerprint density at radius 2 is 1.47 bits per heavy atom. The molecule has 0 spiro atoms. The zero-order chi connectivity index (χ0) is 25.8. The number of primary amides is 1. The van der Waals surface area contributed by atoms with Crippen molar-refractivity contribution in [2.24, 2.45) is 17.4 Å². The highest BCUT2D eigenvalue weighted by atomic mass is 32.1. The number of thiol groups is 1. The van der Waals surface area contributed by atoms with E-state index in [9.17, 15) is 29.1 Å². The van der Waals surface area contributed by atoms with E-state index in [-0.39, 0.29) is 18.1 Å². The minimum Gasteiger partial charge on any atom is -0.480 e. The first-order valence-corrected chi connectivity index (χ1v) is 11.5. The summed E-state index contributed by atoms with van der Waals surface area (Å²) in [5, 5.41) is 16.6. The Morgan fingerprint density at radius 3 is 1.97 bits per heavy atom. The molecule has 0 saturated carbocycles. The van der Waals surface area contributed by atoms with Gasteiger partial charge in [0.25, 0.3) is 0 Å². The molecule has 0 saturated heterocycles. The Kier molecular flexibility index (Phi) is 12.1. The standard InChI is InChI=1S/C22H33N5O6S/c1-3-12(2)18(24)21(31)27-16(11-34)20(30)25-14(9-13-7-5-4-6-8-13)19(29)26-15(22(32)33)10-17(23)28/h4-8,12,14-16,18,34H,3,9-11,24H2,1-2H3,(H2,23,28)(H,25,30)(H,26,29)(H,27,31)(H,32,33). The van der Waals surface area contributed by atoms with Gasteiger partial charge in [0.05, 0.1) is 12.5 Å². The Hall–Kier alpha value is -3.12. The number of carboxylic acid groups (broad SMARTS) is 1. The molecule has 0 aromatic heterocycles. The van der Waals surface area contributed by atoms with E-state index in [0.717, 1.165) is 0 Å². The number of carboxylic acids is 1. The third-order valence-electron chi connectivity index (χ3n) is 5.31. The number of carbonyl (C=O) groups excluding carboxylic acids is 4. The fourth-order valence-corrected chi connectivity index (χ4v) is 3.24. The van der Waals surface area contributed by atoms with E-state index in [1.807, 2.05) is 13.8 Å². The number of amides is 4. The fourth-order valence-electron chi connectivity index (χ4n) is 2.98. The number of aliphatic carboxylic acids is 1. The molecule has 1 aromatic carbocycles. The van der Waals surface area contributed by atoms with Crippen LogP contribution in [0.15, 0.2) is 30.3 Å². The summed E-state index contributed by atoms with van der Waals surface area (Å²) < 4.78 is 0. The molecular formula is C22H33N5O6S. The van der Waals surface area contributed by atoms with Crippen LogP contribution in [0.5, 0.6) is 0 Å². The maximum atomic E-state index is 12.9. The van der Waals surface area contributed by atoms with Crippen LogP contribution in [0.2, 0.25) is 0 Å². The molecule has 0 aliphatic rings. The third-order valence-corrected chi connectivity index (χ3v) is 5.68. The van der Waals surface area contributed by atoms with Gasteiger partial charge in [0, 0.05) is 12.2 Å². The molecule has 5 atom stereocenters. The molecule has 188 valence electrons. The topological polar surface area (TPSA) is 194 Å². The van der Waals surface area contributed by atoms with Gasteiger partial charge >= 0.3 is 5.97 Å². The number of rotatable bonds is 14. The molecule has 0 aliphatic heterocycles. The molecule has 0 bridgehead atoms. The maximum absolute atomic E-state index is 12.9. The highest BCUT2D eigenvalue weighted by Crippen LogP contribution is 2.07. The van der Waals surface area contributed by atoms with Gasteiger partial charge in [-0.15, -0.1) is 0 Å². The van der Waals surface area contributed by atoms with E-state index >= 15 is 0 Å². The predicted molar refractivity (Wildman–Crippen MR) is 129 cm³/mol. The van der Waals surface area contributed by atoms with E-state index in [2.05, 4.69) is 28.6 Å². The van der Waals surface area contributed by atoms with Gasteiger partial charge in [-0.2, -0.15) is 12.6 Å². The molecule has 5 unspecified atom stereocenters. The second kappa shape index (κ2) is 14.2. The van der Waals surface area contributed by atoms with Crippen LogP contribution in [0.1, 0.15) is 32.3 Å². The van der Waals surface area contributed by atoms with Crippen molar-refractivity contribution < 1.29 is 29.1 Å². The van der Waals surface area contributed by atoms with Crippen molar-refractivity contribution in [2.45, 2.75) is 57.3 Å². The fraction of sp³-hybridized carbons (Fsp3) is 0.500. The second-order valence-electron chi connectivity index (χ2n) is 7.98. The zero-order valence-electron chi connectivity index (χ0n) is 19.2. The first-order chi connectivity index (χ1) is 16.0. The van der Waals surface area contributed by atoms with Crippen LogP contribution in [-0.4, -0.2) is 64.6 Å². The number of hydrogen-bond acceptors (Lipinski definition) is 7. The molecule has 1 rings (SSSR count). The first kappa shape index (κ1) is 28.9. The molecule has 8 N–H and O–H groups in total. The second-order valence-corrected chi connectivity index (χ2v) is 8.34. The lowest BCUT2D eigenvalue weighted by Crippen LogP contribution is -2.58. The van der Waals surface area contributed by atoms with Crippen molar-refractivity contribution in [3.8, 4) is 0 Å². The normalized spacial score (nSPS) is 15.2. The average Bonchev–Trinajstić information content (AvgIpc) is 2.80. The number of benzene rings is 1. The molecule has 4 amide bonds. The Labute approximate surface area is 203 Å². The molecule has 11 nitrogen and oxygen atoms in total. The van der Waals surface area contributed by atoms with Crippen molar-refractivity contribution in [1.29, 1.82) is 0 Å². The highest BCUT2D eigenvalue weighted by Gasteiger charge is 2.31. The summed E-state index contributed by atoms with van der Waals surface area (Å²) in [5.74, 6) is -4.59. The predicted octanol–water partition coefficient (Wildman–Crippen LogP) is -1.05. The van der Waals surface area contributed by atoms with Gasteiger partial charge in [-0.05, 0) is 11.5 Å². The van der Waals surface area contributed by atoms with E-state index in [1.165, 1.54) is 0 Å². The van der Waals surface area contributed by atoms with Crippen molar-refractivity contribution >= 4 is 42.2 Å². The molecule has 0 radical (unpaired) electrons. The Morgan fingerprint density at radius 1 is 0.941 bits per heavy atom. The lowest BCUT2D eigenvalue weighted by atomic mass is 9.99. The van der Waals surface area contributed by atoms with Crippen molar-refractivity contribution in [3.05, 3.63) is 35.9 Å². The number of carbonyl (C=O) groups is 5. The van der Waals surface area contributed by atoms with Crippen LogP contribution >= 0.6 is 12.6 Å². The molecular weight excluding hydrogens is 462 g/mol. The van der Waals surface area contributed by atoms with Gasteiger partial charge in [0.15, 0.2) is 0 Å². The SMILES string of the molecule is CCC(C)C(N)C(=O)NC(CS)C(=O)NC(Cc1ccccc1)C(=O)NC(CC(N)=O)C(=O)O. The number of nitrogens with two attached hydrogens (primary N) is 2. The van der Waals surface area contributed by atoms with Crippen molar-refractivity contribution in [1.82, 2.24) is 16.0 Å². The van der Waals surface area contributed by atoms with Gasteiger partial charge in [0.2, 0.25) is 23.6 Å². The Balaban J connectivity index is 3.03. The van der Waals surface area contributed by atoms with Crippen LogP contribution < -0.4 is 27.4 Å². The molecule has 0 fully saturated rings. The van der Waals surface area contributed by atoms with Crippen molar-refractivity contribution in [2.75, 3.05) is 5.75 Å². The third kappa shape index (κ3) is 9.40. The summed E-state index contributed by atoms with van der Waals surface area (Å²) in [6, 6.07) is 4.05. The van der Waals surface area contributed by atoms with E-state index in [4.69, 9.17) is 11.5 Å². The largest absolute Gasteiger partial charge is 0.480 e. The summed E-state index contributed by atoms with van der Waals surface area (Å²) in [5.41, 5.74) is 11.7. The van der Waals surface area contributed by atoms with E-state index in [1.54, 1.807) is 30.3 Å². The van der Waals surface area contributed by atoms with Gasteiger partial charge in [0.1, 0.15) is 18.1 Å². The van der Waals surface area contributed by atoms with E-state index < -0.39 is 60.2 Å². The van der Waals surface area contributed by atoms with Crippen LogP contribution in [0, 0.1) is 5.92 Å². The molecule has 12 heteroatoms. The van der Waals surface area contributed by atoms with Crippen LogP contribution in [0.25, 0.3) is 0 Å². The van der Waals surface area contributed by atoms with Crippen LogP contribution in [0.3, 0.4) is 0 Å². The highest BCUT2D eigenvalue weighted by molar-refractivity contribution is 7.80. The smallest absolute Gasteiger partial charge is 0.326 e. The van der Waals surface area contributed by atoms with Gasteiger partial charge < -0.3 is 32.5 Å². The molecule has 34 heavy (non-hydrogen) atoms. The molecule has 1 aromatic rings. The molecule has 0 aliphatic carbocycles. The monoisotopic (exact) mass is 495 g/mol. The minimum absolute atomic E-state index is 0.0287. The van der Waals surface area contributed by atoms with E-state index in [0.29, 0.717) is 12.0 Å². The van der Waals surface area contributed by atoms with Crippen LogP contribution in [-0.2, 0) is 30.4 Å². The minimum atomic E-state index is -1.56. The quantitative estimate of drug-likeness (QED) is 0.160. The van der Waals surface area contributed by atoms with Gasteiger partial charge in [-0.25, -0.2) is 4.79 Å². The van der Waals surface area contributed by atoms with Crippen molar-refractivity contribution in [3.63, 3.8) is 0 Å². The first-order valence-electron chi connectivity index (χ1n) is 10.8. The van der Waals surface area contributed by atoms with Gasteiger partial charge in [-0.3, -0.25) is 19.2 Å². The number of nitrogens with one attached hydrogen (secondary N) is 3. The lowest BCUT2D eigenvalue weighted by Gasteiger charge is -2.25. The molecule has 0 heterocycles. The summed E-state index contributed by atoms with van der Waals surface area (Å²) in [7, 11) is 0. The maximum Gasteiger partial charge on any atom is 0.326 e. The van der Waals surface area contributed by atoms with Crippen LogP contribution in [0.4, 0.5) is 0 Å². The van der Waals surface area contributed by atoms with Gasteiger partial charge in [-0.1, -0.05) is 50.6 Å². The zero-order valence-corrected chi connectivity index (χ0v) is 20.1. The summed E-state index contributed by atoms with van der Waals surface area (Å²) in [4.78, 5) is 60.8. The average molecular weight is 496 g/mol. The summed E-state index contributed by atoms with van der Waals surface area (Å²) in [6.45, 7) is 3.70. The lowest BCUT2D eigenvalue weighted by molar-refractivity contribution is -0.143. The summed E-state index contributed by atoms with van der Waals surface area (Å²) >= 11 is 4.12. The summed E-state index contributed by atoms with van der Waals surface area (Å²) in [6.07, 6.45) is 0.0819. The number of hydrogen-bond donors (Lipinski definition) is 7. The Bertz CT molecular complexity index is 869.